The van der Waals surface area contributed by atoms with Crippen LogP contribution in [-0.4, -0.2) is 34.4 Å². The minimum absolute atomic E-state index is 0.204. The Kier molecular flexibility index (Phi) is 5.11. The van der Waals surface area contributed by atoms with Crippen molar-refractivity contribution in [3.8, 4) is 5.75 Å². The molecule has 0 radical (unpaired) electrons. The summed E-state index contributed by atoms with van der Waals surface area (Å²) in [6, 6.07) is 7.63. The maximum Gasteiger partial charge on any atom is 0.274 e. The minimum atomic E-state index is -0.223. The van der Waals surface area contributed by atoms with Crippen LogP contribution in [0.5, 0.6) is 5.75 Å². The first-order chi connectivity index (χ1) is 10.1. The van der Waals surface area contributed by atoms with Crippen LogP contribution in [0.1, 0.15) is 23.0 Å². The van der Waals surface area contributed by atoms with Gasteiger partial charge in [0.15, 0.2) is 0 Å². The van der Waals surface area contributed by atoms with Crippen molar-refractivity contribution in [1.29, 1.82) is 0 Å². The molecule has 0 aliphatic heterocycles. The number of carbonyl (C=O) groups excluding carboxylic acids is 1. The number of ether oxygens (including phenoxy) is 1. The molecular weight excluding hydrogens is 290 g/mol. The van der Waals surface area contributed by atoms with Crippen LogP contribution < -0.4 is 4.74 Å². The molecule has 110 valence electrons. The fourth-order valence-electron chi connectivity index (χ4n) is 1.84. The van der Waals surface area contributed by atoms with Crippen molar-refractivity contribution < 1.29 is 9.53 Å². The number of aromatic nitrogens is 2. The zero-order valence-corrected chi connectivity index (χ0v) is 12.7. The standard InChI is InChI=1S/C15H16ClN3O2/c1-3-21-12-6-4-11(5-7-12)10-19(2)15(20)13-8-17-9-14(16)18-13/h4-9H,3,10H2,1-2H3. The Hall–Kier alpha value is -2.14. The maximum atomic E-state index is 12.2. The first kappa shape index (κ1) is 15.3. The molecule has 0 aliphatic rings. The van der Waals surface area contributed by atoms with Gasteiger partial charge in [0.25, 0.3) is 5.91 Å². The molecular formula is C15H16ClN3O2. The highest BCUT2D eigenvalue weighted by Crippen LogP contribution is 2.14. The van der Waals surface area contributed by atoms with Crippen LogP contribution in [0.2, 0.25) is 5.15 Å². The quantitative estimate of drug-likeness (QED) is 0.852. The number of hydrogen-bond acceptors (Lipinski definition) is 4. The lowest BCUT2D eigenvalue weighted by atomic mass is 10.2. The van der Waals surface area contributed by atoms with Gasteiger partial charge in [0.05, 0.1) is 19.0 Å². The molecule has 2 rings (SSSR count). The molecule has 0 spiro atoms. The summed E-state index contributed by atoms with van der Waals surface area (Å²) in [5.74, 6) is 0.592. The van der Waals surface area contributed by atoms with Crippen LogP contribution in [0.25, 0.3) is 0 Å². The van der Waals surface area contributed by atoms with Gasteiger partial charge in [0, 0.05) is 13.6 Å². The van der Waals surface area contributed by atoms with Crippen LogP contribution in [0.3, 0.4) is 0 Å². The zero-order valence-electron chi connectivity index (χ0n) is 11.9. The van der Waals surface area contributed by atoms with E-state index in [-0.39, 0.29) is 16.8 Å². The fraction of sp³-hybridized carbons (Fsp3) is 0.267. The van der Waals surface area contributed by atoms with Crippen molar-refractivity contribution in [3.05, 3.63) is 53.1 Å². The normalized spacial score (nSPS) is 10.2. The van der Waals surface area contributed by atoms with Gasteiger partial charge in [-0.15, -0.1) is 0 Å². The van der Waals surface area contributed by atoms with E-state index in [2.05, 4.69) is 9.97 Å². The third-order valence-corrected chi connectivity index (χ3v) is 3.01. The van der Waals surface area contributed by atoms with Gasteiger partial charge in [-0.3, -0.25) is 9.78 Å². The number of nitrogens with zero attached hydrogens (tertiary/aromatic N) is 3. The van der Waals surface area contributed by atoms with Crippen molar-refractivity contribution in [2.75, 3.05) is 13.7 Å². The summed E-state index contributed by atoms with van der Waals surface area (Å²) >= 11 is 5.74. The lowest BCUT2D eigenvalue weighted by Gasteiger charge is -2.17. The molecule has 2 aromatic rings. The van der Waals surface area contributed by atoms with Crippen molar-refractivity contribution in [1.82, 2.24) is 14.9 Å². The predicted molar refractivity (Wildman–Crippen MR) is 80.5 cm³/mol. The van der Waals surface area contributed by atoms with E-state index < -0.39 is 0 Å². The van der Waals surface area contributed by atoms with Gasteiger partial charge in [-0.05, 0) is 24.6 Å². The number of benzene rings is 1. The first-order valence-corrected chi connectivity index (χ1v) is 6.92. The Morgan fingerprint density at radius 2 is 2.00 bits per heavy atom. The monoisotopic (exact) mass is 305 g/mol. The van der Waals surface area contributed by atoms with Gasteiger partial charge in [-0.2, -0.15) is 0 Å². The number of carbonyl (C=O) groups is 1. The van der Waals surface area contributed by atoms with Gasteiger partial charge < -0.3 is 9.64 Å². The van der Waals surface area contributed by atoms with E-state index in [1.54, 1.807) is 11.9 Å². The molecule has 1 aromatic heterocycles. The summed E-state index contributed by atoms with van der Waals surface area (Å²) in [5, 5.41) is 0.204. The second kappa shape index (κ2) is 7.04. The van der Waals surface area contributed by atoms with Gasteiger partial charge in [-0.1, -0.05) is 23.7 Å². The van der Waals surface area contributed by atoms with Gasteiger partial charge in [0.2, 0.25) is 0 Å². The van der Waals surface area contributed by atoms with Crippen LogP contribution in [0.15, 0.2) is 36.7 Å². The number of hydrogen-bond donors (Lipinski definition) is 0. The summed E-state index contributed by atoms with van der Waals surface area (Å²) in [4.78, 5) is 21.6. The number of rotatable bonds is 5. The molecule has 0 unspecified atom stereocenters. The summed E-state index contributed by atoms with van der Waals surface area (Å²) < 4.78 is 5.38. The second-order valence-corrected chi connectivity index (χ2v) is 4.85. The Balaban J connectivity index is 2.03. The SMILES string of the molecule is CCOc1ccc(CN(C)C(=O)c2cncc(Cl)n2)cc1. The van der Waals surface area contributed by atoms with E-state index in [1.165, 1.54) is 12.4 Å². The van der Waals surface area contributed by atoms with Crippen LogP contribution in [-0.2, 0) is 6.54 Å². The Morgan fingerprint density at radius 3 is 2.62 bits per heavy atom. The number of halogens is 1. The molecule has 1 aromatic carbocycles. The fourth-order valence-corrected chi connectivity index (χ4v) is 1.99. The molecule has 0 saturated heterocycles. The Morgan fingerprint density at radius 1 is 1.29 bits per heavy atom. The lowest BCUT2D eigenvalue weighted by Crippen LogP contribution is -2.27. The minimum Gasteiger partial charge on any atom is -0.494 e. The average Bonchev–Trinajstić information content (AvgIpc) is 2.48. The largest absolute Gasteiger partial charge is 0.494 e. The number of amides is 1. The van der Waals surface area contributed by atoms with E-state index in [1.807, 2.05) is 31.2 Å². The highest BCUT2D eigenvalue weighted by Gasteiger charge is 2.14. The van der Waals surface area contributed by atoms with E-state index in [4.69, 9.17) is 16.3 Å². The molecule has 1 amide bonds. The van der Waals surface area contributed by atoms with Crippen molar-refractivity contribution in [2.24, 2.45) is 0 Å². The van der Waals surface area contributed by atoms with Crippen LogP contribution in [0.4, 0.5) is 0 Å². The molecule has 1 heterocycles. The van der Waals surface area contributed by atoms with Gasteiger partial charge >= 0.3 is 0 Å². The smallest absolute Gasteiger partial charge is 0.274 e. The van der Waals surface area contributed by atoms with E-state index in [0.717, 1.165) is 11.3 Å². The van der Waals surface area contributed by atoms with Crippen molar-refractivity contribution >= 4 is 17.5 Å². The molecule has 0 bridgehead atoms. The molecule has 0 atom stereocenters. The highest BCUT2D eigenvalue weighted by molar-refractivity contribution is 6.29. The second-order valence-electron chi connectivity index (χ2n) is 4.47. The van der Waals surface area contributed by atoms with E-state index >= 15 is 0 Å². The topological polar surface area (TPSA) is 55.3 Å². The van der Waals surface area contributed by atoms with E-state index in [9.17, 15) is 4.79 Å². The van der Waals surface area contributed by atoms with Gasteiger partial charge in [-0.25, -0.2) is 4.98 Å². The van der Waals surface area contributed by atoms with Gasteiger partial charge in [0.1, 0.15) is 16.6 Å². The van der Waals surface area contributed by atoms with Crippen molar-refractivity contribution in [2.45, 2.75) is 13.5 Å². The Labute approximate surface area is 128 Å². The predicted octanol–water partition coefficient (Wildman–Crippen LogP) is 2.80. The molecule has 0 fully saturated rings. The zero-order chi connectivity index (χ0) is 15.2. The molecule has 0 N–H and O–H groups in total. The molecule has 5 nitrogen and oxygen atoms in total. The van der Waals surface area contributed by atoms with E-state index in [0.29, 0.717) is 13.2 Å². The van der Waals surface area contributed by atoms with Crippen LogP contribution >= 0.6 is 11.6 Å². The summed E-state index contributed by atoms with van der Waals surface area (Å²) in [5.41, 5.74) is 1.24. The maximum absolute atomic E-state index is 12.2. The lowest BCUT2D eigenvalue weighted by molar-refractivity contribution is 0.0779. The molecule has 0 aliphatic carbocycles. The summed E-state index contributed by atoms with van der Waals surface area (Å²) in [6.07, 6.45) is 2.80. The molecule has 0 saturated carbocycles. The first-order valence-electron chi connectivity index (χ1n) is 6.55. The third-order valence-electron chi connectivity index (χ3n) is 2.83. The summed E-state index contributed by atoms with van der Waals surface area (Å²) in [7, 11) is 1.71. The van der Waals surface area contributed by atoms with Crippen LogP contribution in [0, 0.1) is 0 Å². The molecule has 21 heavy (non-hydrogen) atoms. The highest BCUT2D eigenvalue weighted by atomic mass is 35.5. The Bertz CT molecular complexity index is 617. The molecule has 6 heteroatoms. The van der Waals surface area contributed by atoms with Crippen molar-refractivity contribution in [3.63, 3.8) is 0 Å². The third kappa shape index (κ3) is 4.16. The summed E-state index contributed by atoms with van der Waals surface area (Å²) in [6.45, 7) is 3.04. The average molecular weight is 306 g/mol.